The van der Waals surface area contributed by atoms with Crippen molar-refractivity contribution in [3.05, 3.63) is 0 Å². The Morgan fingerprint density at radius 2 is 0.745 bits per heavy atom. The fourth-order valence-corrected chi connectivity index (χ4v) is 11.8. The molecule has 20 atom stereocenters. The van der Waals surface area contributed by atoms with E-state index < -0.39 is 184 Å². The molecule has 588 valence electrons. The molecule has 9 amide bonds. The minimum Gasteiger partial charge on any atom is -0.394 e. The number of rotatable bonds is 50. The molecule has 19 N–H and O–H groups in total. The van der Waals surface area contributed by atoms with E-state index in [2.05, 4.69) is 47.9 Å². The monoisotopic (exact) mass is 1470 g/mol. The van der Waals surface area contributed by atoms with Gasteiger partial charge in [0.15, 0.2) is 18.9 Å². The molecule has 0 aromatic heterocycles. The van der Waals surface area contributed by atoms with Crippen molar-refractivity contribution in [2.24, 2.45) is 0 Å². The van der Waals surface area contributed by atoms with Gasteiger partial charge < -0.3 is 146 Å². The Kier molecular flexibility index (Phi) is 42.9. The first kappa shape index (κ1) is 88.8. The molecular formula is C64H113N9O29. The molecule has 102 heavy (non-hydrogen) atoms. The fraction of sp³-hybridized carbons (Fsp3) is 0.859. The normalized spacial score (nSPS) is 28.4. The summed E-state index contributed by atoms with van der Waals surface area (Å²) in [7, 11) is 1.56. The maximum absolute atomic E-state index is 13.8. The van der Waals surface area contributed by atoms with Crippen LogP contribution < -0.4 is 47.9 Å². The topological polar surface area (TPSA) is 556 Å². The molecule has 0 aromatic carbocycles. The second-order valence-corrected chi connectivity index (χ2v) is 25.4. The molecule has 1 saturated carbocycles. The number of aliphatic hydroxyl groups excluding tert-OH is 10. The highest BCUT2D eigenvalue weighted by Gasteiger charge is 2.48. The lowest BCUT2D eigenvalue weighted by atomic mass is 9.97. The molecule has 0 aromatic rings. The molecule has 0 bridgehead atoms. The summed E-state index contributed by atoms with van der Waals surface area (Å²) in [5.41, 5.74) is 0. The number of unbranched alkanes of at least 4 members (excludes halogenated alkanes) is 7. The Morgan fingerprint density at radius 3 is 1.11 bits per heavy atom. The largest absolute Gasteiger partial charge is 0.394 e. The van der Waals surface area contributed by atoms with E-state index >= 15 is 0 Å². The molecule has 38 heteroatoms. The van der Waals surface area contributed by atoms with E-state index in [0.29, 0.717) is 38.5 Å². The zero-order valence-electron chi connectivity index (χ0n) is 58.7. The molecule has 16 unspecified atom stereocenters. The SMILES string of the molecule is CO[C@@H]1C[C@@H](O)C[C@@H]1NC(=O)CCCCCCCCCCC(=O)NC(CCC(=O)NC(CCC(=O)NCCOCCOC1OC(CO)C(O)C(O)C1NC(C)=O)C(=O)NCCOCCOC1OC(CO)C(O)C(O)C1NC(C)=O)C(=O)NCCOCCOC1O[C@H](CO)C(O)C(O)C1NC(C)=O. The van der Waals surface area contributed by atoms with E-state index in [1.54, 1.807) is 7.11 Å². The van der Waals surface area contributed by atoms with Crippen LogP contribution in [0.1, 0.15) is 124 Å². The minimum absolute atomic E-state index is 0.0204. The standard InChI is InChI=1S/C64H113N9O29/c1-36(77)68-51-57(88)54(85)44(33-74)100-62(51)97-28-25-94-22-19-65-47(81)17-15-40(60(91)66-20-23-95-26-29-98-63-52(69-37(2)78)58(89)55(86)45(34-75)101-63)72-50(84)18-16-41(61(92)67-21-24-96-27-30-99-64-53(70-38(3)79)59(90)56(87)46(35-76)102-64)71-48(82)13-11-9-7-5-6-8-10-12-14-49(83)73-42-31-39(80)32-43(42)93-4/h39-46,51-59,62-64,74-76,80,85-90H,5-35H2,1-4H3,(H,65,81)(H,66,91)(H,67,92)(H,68,77)(H,69,78)(H,70,79)(H,71,82)(H,72,84)(H,73,83)/t39-,40?,41?,42-,43+,44?,45?,46+,51?,52?,53?,54?,55?,56?,57?,58?,59?,62?,63?,64?/m0/s1. The third-order valence-corrected chi connectivity index (χ3v) is 17.3. The highest BCUT2D eigenvalue weighted by molar-refractivity contribution is 5.90. The number of methoxy groups -OCH3 is 1. The van der Waals surface area contributed by atoms with Gasteiger partial charge >= 0.3 is 0 Å². The van der Waals surface area contributed by atoms with Crippen molar-refractivity contribution in [2.75, 3.05) is 106 Å². The highest BCUT2D eigenvalue weighted by Crippen LogP contribution is 2.26. The maximum atomic E-state index is 13.8. The average molecular weight is 1470 g/mol. The van der Waals surface area contributed by atoms with Gasteiger partial charge in [0.2, 0.25) is 53.2 Å². The first-order valence-corrected chi connectivity index (χ1v) is 35.0. The number of carbonyl (C=O) groups is 9. The molecule has 0 spiro atoms. The van der Waals surface area contributed by atoms with Crippen LogP contribution in [0.25, 0.3) is 0 Å². The molecule has 4 fully saturated rings. The van der Waals surface area contributed by atoms with E-state index in [0.717, 1.165) is 32.1 Å². The third kappa shape index (κ3) is 32.4. The summed E-state index contributed by atoms with van der Waals surface area (Å²) >= 11 is 0. The van der Waals surface area contributed by atoms with Crippen LogP contribution >= 0.6 is 0 Å². The van der Waals surface area contributed by atoms with E-state index in [1.807, 2.05) is 0 Å². The number of ether oxygens (including phenoxy) is 10. The summed E-state index contributed by atoms with van der Waals surface area (Å²) in [5.74, 6) is -4.87. The Morgan fingerprint density at radius 1 is 0.402 bits per heavy atom. The molecule has 0 radical (unpaired) electrons. The first-order chi connectivity index (χ1) is 48.8. The average Bonchev–Trinajstić information content (AvgIpc) is 1.03. The Labute approximate surface area is 592 Å². The lowest BCUT2D eigenvalue weighted by molar-refractivity contribution is -0.272. The van der Waals surface area contributed by atoms with Crippen LogP contribution in [-0.4, -0.2) is 333 Å². The van der Waals surface area contributed by atoms with Crippen LogP contribution in [0, 0.1) is 0 Å². The summed E-state index contributed by atoms with van der Waals surface area (Å²) in [6.07, 6.45) is -10.8. The summed E-state index contributed by atoms with van der Waals surface area (Å²) in [4.78, 5) is 116. The summed E-state index contributed by atoms with van der Waals surface area (Å²) in [6.45, 7) is 0.452. The summed E-state index contributed by atoms with van der Waals surface area (Å²) in [5, 5.41) is 125. The number of aliphatic hydroxyl groups is 10. The van der Waals surface area contributed by atoms with Crippen LogP contribution in [-0.2, 0) is 90.5 Å². The maximum Gasteiger partial charge on any atom is 0.242 e. The molecule has 3 aliphatic heterocycles. The van der Waals surface area contributed by atoms with Crippen molar-refractivity contribution in [1.29, 1.82) is 0 Å². The number of carbonyl (C=O) groups excluding carboxylic acids is 9. The predicted molar refractivity (Wildman–Crippen MR) is 352 cm³/mol. The van der Waals surface area contributed by atoms with Crippen LogP contribution in [0.15, 0.2) is 0 Å². The quantitative estimate of drug-likeness (QED) is 0.0252. The van der Waals surface area contributed by atoms with Crippen molar-refractivity contribution in [2.45, 2.75) is 246 Å². The second-order valence-electron chi connectivity index (χ2n) is 25.4. The van der Waals surface area contributed by atoms with Gasteiger partial charge in [-0.3, -0.25) is 43.2 Å². The highest BCUT2D eigenvalue weighted by atomic mass is 16.7. The summed E-state index contributed by atoms with van der Waals surface area (Å²) < 4.78 is 55.8. The smallest absolute Gasteiger partial charge is 0.242 e. The Hall–Kier alpha value is -5.57. The van der Waals surface area contributed by atoms with E-state index in [-0.39, 0.29) is 123 Å². The van der Waals surface area contributed by atoms with Crippen LogP contribution in [0.2, 0.25) is 0 Å². The van der Waals surface area contributed by atoms with Gasteiger partial charge in [-0.05, 0) is 32.1 Å². The molecule has 3 heterocycles. The van der Waals surface area contributed by atoms with E-state index in [1.165, 1.54) is 20.8 Å². The molecular weight excluding hydrogens is 1360 g/mol. The second kappa shape index (κ2) is 49.3. The first-order valence-electron chi connectivity index (χ1n) is 35.0. The molecule has 4 rings (SSSR count). The van der Waals surface area contributed by atoms with Gasteiger partial charge in [-0.25, -0.2) is 0 Å². The van der Waals surface area contributed by atoms with Gasteiger partial charge in [-0.2, -0.15) is 0 Å². The zero-order valence-corrected chi connectivity index (χ0v) is 58.7. The van der Waals surface area contributed by atoms with Crippen LogP contribution in [0.3, 0.4) is 0 Å². The van der Waals surface area contributed by atoms with Gasteiger partial charge in [0.05, 0.1) is 97.5 Å². The van der Waals surface area contributed by atoms with Crippen molar-refractivity contribution in [3.63, 3.8) is 0 Å². The number of hydrogen-bond acceptors (Lipinski definition) is 29. The van der Waals surface area contributed by atoms with E-state index in [9.17, 15) is 94.2 Å². The van der Waals surface area contributed by atoms with Crippen LogP contribution in [0.4, 0.5) is 0 Å². The van der Waals surface area contributed by atoms with E-state index in [4.69, 9.17) is 47.4 Å². The lowest BCUT2D eigenvalue weighted by Crippen LogP contribution is -2.64. The number of hydrogen-bond donors (Lipinski definition) is 19. The third-order valence-electron chi connectivity index (χ3n) is 17.3. The Balaban J connectivity index is 1.33. The van der Waals surface area contributed by atoms with Crippen LogP contribution in [0.5, 0.6) is 0 Å². The van der Waals surface area contributed by atoms with Gasteiger partial charge in [-0.15, -0.1) is 0 Å². The fourth-order valence-electron chi connectivity index (χ4n) is 11.8. The molecule has 38 nitrogen and oxygen atoms in total. The van der Waals surface area contributed by atoms with Gasteiger partial charge in [-0.1, -0.05) is 38.5 Å². The molecule has 3 saturated heterocycles. The van der Waals surface area contributed by atoms with Crippen molar-refractivity contribution in [1.82, 2.24) is 47.9 Å². The lowest BCUT2D eigenvalue weighted by Gasteiger charge is -2.42. The Bertz CT molecular complexity index is 2500. The van der Waals surface area contributed by atoms with Crippen molar-refractivity contribution >= 4 is 53.2 Å². The summed E-state index contributed by atoms with van der Waals surface area (Å²) in [6, 6.07) is -6.36. The van der Waals surface area contributed by atoms with Gasteiger partial charge in [0, 0.05) is 79.6 Å². The minimum atomic E-state index is -1.54. The van der Waals surface area contributed by atoms with Gasteiger partial charge in [0.1, 0.15) is 85.1 Å². The zero-order chi connectivity index (χ0) is 75.1. The number of amides is 9. The van der Waals surface area contributed by atoms with Crippen molar-refractivity contribution in [3.8, 4) is 0 Å². The van der Waals surface area contributed by atoms with Gasteiger partial charge in [0.25, 0.3) is 0 Å². The number of nitrogens with one attached hydrogen (secondary N) is 9. The van der Waals surface area contributed by atoms with Crippen molar-refractivity contribution < 1.29 is 142 Å². The molecule has 1 aliphatic carbocycles. The molecule has 4 aliphatic rings. The predicted octanol–water partition coefficient (Wildman–Crippen LogP) is -7.65.